The number of rotatable bonds is 1. The van der Waals surface area contributed by atoms with E-state index in [1.54, 1.807) is 0 Å². The van der Waals surface area contributed by atoms with Gasteiger partial charge in [0.15, 0.2) is 0 Å². The Morgan fingerprint density at radius 1 is 0.938 bits per heavy atom. The van der Waals surface area contributed by atoms with Crippen molar-refractivity contribution in [3.8, 4) is 0 Å². The maximum Gasteiger partial charge on any atom is 0.0726 e. The molecule has 94 valence electrons. The van der Waals surface area contributed by atoms with E-state index in [-0.39, 0.29) is 11.0 Å². The first-order chi connectivity index (χ1) is 7.46. The molecule has 2 aliphatic rings. The Labute approximate surface area is 101 Å². The lowest BCUT2D eigenvalue weighted by atomic mass is 9.57. The molecular formula is C15H28O. The highest BCUT2D eigenvalue weighted by Gasteiger charge is 2.50. The summed E-state index contributed by atoms with van der Waals surface area (Å²) in [5.74, 6) is 1.45. The third-order valence-electron chi connectivity index (χ3n) is 5.47. The highest BCUT2D eigenvalue weighted by molar-refractivity contribution is 5.01. The minimum absolute atomic E-state index is 0.135. The van der Waals surface area contributed by atoms with Crippen molar-refractivity contribution in [3.05, 3.63) is 0 Å². The van der Waals surface area contributed by atoms with Gasteiger partial charge in [-0.15, -0.1) is 0 Å². The van der Waals surface area contributed by atoms with E-state index in [0.717, 1.165) is 12.3 Å². The molecule has 2 aliphatic carbocycles. The molecule has 0 aromatic carbocycles. The van der Waals surface area contributed by atoms with Crippen molar-refractivity contribution in [2.45, 2.75) is 77.7 Å². The van der Waals surface area contributed by atoms with Crippen LogP contribution in [0.4, 0.5) is 0 Å². The van der Waals surface area contributed by atoms with Crippen LogP contribution in [-0.4, -0.2) is 10.7 Å². The second-order valence-corrected chi connectivity index (χ2v) is 6.97. The summed E-state index contributed by atoms with van der Waals surface area (Å²) in [6, 6.07) is 0. The lowest BCUT2D eigenvalue weighted by Crippen LogP contribution is -2.53. The normalized spacial score (nSPS) is 44.2. The van der Waals surface area contributed by atoms with Gasteiger partial charge in [-0.3, -0.25) is 0 Å². The molecule has 1 N–H and O–H groups in total. The zero-order chi connectivity index (χ0) is 11.8. The molecule has 0 aromatic heterocycles. The monoisotopic (exact) mass is 224 g/mol. The van der Waals surface area contributed by atoms with Gasteiger partial charge in [-0.05, 0) is 42.9 Å². The lowest BCUT2D eigenvalue weighted by molar-refractivity contribution is -0.147. The van der Waals surface area contributed by atoms with Gasteiger partial charge in [-0.2, -0.15) is 0 Å². The van der Waals surface area contributed by atoms with Crippen molar-refractivity contribution >= 4 is 0 Å². The summed E-state index contributed by atoms with van der Waals surface area (Å²) in [4.78, 5) is 0. The van der Waals surface area contributed by atoms with Crippen molar-refractivity contribution < 1.29 is 5.11 Å². The zero-order valence-corrected chi connectivity index (χ0v) is 11.3. The summed E-state index contributed by atoms with van der Waals surface area (Å²) in [5, 5.41) is 11.1. The average molecular weight is 224 g/mol. The van der Waals surface area contributed by atoms with Crippen LogP contribution >= 0.6 is 0 Å². The van der Waals surface area contributed by atoms with E-state index in [0.29, 0.717) is 5.92 Å². The first kappa shape index (κ1) is 12.4. The molecule has 2 saturated carbocycles. The van der Waals surface area contributed by atoms with Gasteiger partial charge in [0, 0.05) is 0 Å². The van der Waals surface area contributed by atoms with Crippen molar-refractivity contribution in [1.82, 2.24) is 0 Å². The van der Waals surface area contributed by atoms with Crippen molar-refractivity contribution in [2.75, 3.05) is 0 Å². The molecular weight excluding hydrogens is 196 g/mol. The van der Waals surface area contributed by atoms with Crippen LogP contribution in [-0.2, 0) is 0 Å². The van der Waals surface area contributed by atoms with Crippen LogP contribution < -0.4 is 0 Å². The highest BCUT2D eigenvalue weighted by atomic mass is 16.3. The zero-order valence-electron chi connectivity index (χ0n) is 11.3. The smallest absolute Gasteiger partial charge is 0.0726 e. The molecule has 0 heterocycles. The van der Waals surface area contributed by atoms with Gasteiger partial charge in [0.1, 0.15) is 0 Å². The quantitative estimate of drug-likeness (QED) is 0.709. The molecule has 0 bridgehead atoms. The lowest BCUT2D eigenvalue weighted by Gasteiger charge is -2.52. The Balaban J connectivity index is 2.10. The Morgan fingerprint density at radius 2 is 1.50 bits per heavy atom. The standard InChI is InChI=1S/C15H28O/c1-12-6-8-13(9-7-12)15(16)11-5-4-10-14(15,2)3/h12-13,16H,4-11H2,1-3H3. The van der Waals surface area contributed by atoms with Crippen LogP contribution in [0.15, 0.2) is 0 Å². The second-order valence-electron chi connectivity index (χ2n) is 6.97. The third-order valence-corrected chi connectivity index (χ3v) is 5.47. The number of hydrogen-bond donors (Lipinski definition) is 1. The molecule has 2 fully saturated rings. The summed E-state index contributed by atoms with van der Waals surface area (Å²) in [7, 11) is 0. The van der Waals surface area contributed by atoms with Crippen LogP contribution in [0, 0.1) is 17.3 Å². The van der Waals surface area contributed by atoms with Crippen molar-refractivity contribution in [2.24, 2.45) is 17.3 Å². The van der Waals surface area contributed by atoms with Gasteiger partial charge in [0.05, 0.1) is 5.60 Å². The molecule has 1 unspecified atom stereocenters. The van der Waals surface area contributed by atoms with Gasteiger partial charge in [0.25, 0.3) is 0 Å². The maximum atomic E-state index is 11.1. The van der Waals surface area contributed by atoms with Gasteiger partial charge < -0.3 is 5.11 Å². The molecule has 0 aromatic rings. The first-order valence-electron chi connectivity index (χ1n) is 7.18. The topological polar surface area (TPSA) is 20.2 Å². The summed E-state index contributed by atoms with van der Waals surface area (Å²) in [6.07, 6.45) is 9.92. The average Bonchev–Trinajstić information content (AvgIpc) is 2.23. The minimum Gasteiger partial charge on any atom is -0.389 e. The molecule has 1 nitrogen and oxygen atoms in total. The van der Waals surface area contributed by atoms with E-state index in [4.69, 9.17) is 0 Å². The van der Waals surface area contributed by atoms with Crippen LogP contribution in [0.1, 0.15) is 72.1 Å². The summed E-state index contributed by atoms with van der Waals surface area (Å²) in [5.41, 5.74) is -0.234. The SMILES string of the molecule is CC1CCC(C2(O)CCCCC2(C)C)CC1. The van der Waals surface area contributed by atoms with Gasteiger partial charge in [0.2, 0.25) is 0 Å². The van der Waals surface area contributed by atoms with Crippen LogP contribution in [0.3, 0.4) is 0 Å². The van der Waals surface area contributed by atoms with Gasteiger partial charge in [-0.1, -0.05) is 46.5 Å². The predicted molar refractivity (Wildman–Crippen MR) is 68.3 cm³/mol. The van der Waals surface area contributed by atoms with Crippen molar-refractivity contribution in [3.63, 3.8) is 0 Å². The Kier molecular flexibility index (Phi) is 3.36. The van der Waals surface area contributed by atoms with E-state index >= 15 is 0 Å². The molecule has 1 atom stereocenters. The summed E-state index contributed by atoms with van der Waals surface area (Å²) < 4.78 is 0. The molecule has 0 radical (unpaired) electrons. The minimum atomic E-state index is -0.370. The molecule has 0 saturated heterocycles. The fraction of sp³-hybridized carbons (Fsp3) is 1.00. The van der Waals surface area contributed by atoms with Crippen molar-refractivity contribution in [1.29, 1.82) is 0 Å². The molecule has 0 spiro atoms. The van der Waals surface area contributed by atoms with E-state index in [1.807, 2.05) is 0 Å². The van der Waals surface area contributed by atoms with E-state index in [2.05, 4.69) is 20.8 Å². The molecule has 2 rings (SSSR count). The van der Waals surface area contributed by atoms with Gasteiger partial charge in [-0.25, -0.2) is 0 Å². The van der Waals surface area contributed by atoms with Crippen LogP contribution in [0.2, 0.25) is 0 Å². The molecule has 0 amide bonds. The maximum absolute atomic E-state index is 11.1. The first-order valence-corrected chi connectivity index (χ1v) is 7.18. The van der Waals surface area contributed by atoms with Crippen LogP contribution in [0.5, 0.6) is 0 Å². The van der Waals surface area contributed by atoms with Crippen LogP contribution in [0.25, 0.3) is 0 Å². The molecule has 1 heteroatoms. The molecule has 16 heavy (non-hydrogen) atoms. The largest absolute Gasteiger partial charge is 0.389 e. The predicted octanol–water partition coefficient (Wildman–Crippen LogP) is 4.14. The Hall–Kier alpha value is -0.0400. The summed E-state index contributed by atoms with van der Waals surface area (Å²) >= 11 is 0. The highest BCUT2D eigenvalue weighted by Crippen LogP contribution is 2.51. The Bertz CT molecular complexity index is 238. The molecule has 0 aliphatic heterocycles. The van der Waals surface area contributed by atoms with E-state index in [1.165, 1.54) is 44.9 Å². The Morgan fingerprint density at radius 3 is 2.06 bits per heavy atom. The van der Waals surface area contributed by atoms with E-state index < -0.39 is 0 Å². The fourth-order valence-electron chi connectivity index (χ4n) is 4.01. The summed E-state index contributed by atoms with van der Waals surface area (Å²) in [6.45, 7) is 6.92. The second kappa shape index (κ2) is 4.33. The fourth-order valence-corrected chi connectivity index (χ4v) is 4.01. The number of aliphatic hydroxyl groups is 1. The van der Waals surface area contributed by atoms with Gasteiger partial charge >= 0.3 is 0 Å². The van der Waals surface area contributed by atoms with E-state index in [9.17, 15) is 5.11 Å². The third kappa shape index (κ3) is 2.03. The number of hydrogen-bond acceptors (Lipinski definition) is 1.